The van der Waals surface area contributed by atoms with Gasteiger partial charge in [-0.05, 0) is 66.7 Å². The Hall–Kier alpha value is -5.94. The van der Waals surface area contributed by atoms with Crippen molar-refractivity contribution in [2.24, 2.45) is 0 Å². The van der Waals surface area contributed by atoms with Crippen LogP contribution in [0.1, 0.15) is 0 Å². The van der Waals surface area contributed by atoms with Crippen LogP contribution in [0.4, 0.5) is 0 Å². The molecule has 0 saturated carbocycles. The third-order valence-corrected chi connectivity index (χ3v) is 8.75. The van der Waals surface area contributed by atoms with Gasteiger partial charge in [0.05, 0.1) is 38.7 Å². The number of pyridine rings is 2. The van der Waals surface area contributed by atoms with Crippen molar-refractivity contribution in [2.45, 2.75) is 0 Å². The Bertz CT molecular complexity index is 2690. The Labute approximate surface area is 245 Å². The summed E-state index contributed by atoms with van der Waals surface area (Å²) in [5.41, 5.74) is 10.3. The average molecular weight is 551 g/mol. The average Bonchev–Trinajstić information content (AvgIpc) is 3.73. The zero-order chi connectivity index (χ0) is 28.1. The van der Waals surface area contributed by atoms with Gasteiger partial charge >= 0.3 is 0 Å². The fourth-order valence-corrected chi connectivity index (χ4v) is 6.93. The molecule has 5 heteroatoms. The first-order valence-electron chi connectivity index (χ1n) is 14.4. The Morgan fingerprint density at radius 1 is 0.512 bits per heavy atom. The molecule has 0 atom stereocenters. The molecule has 5 nitrogen and oxygen atoms in total. The van der Waals surface area contributed by atoms with Crippen LogP contribution in [-0.2, 0) is 0 Å². The van der Waals surface area contributed by atoms with Crippen molar-refractivity contribution in [1.29, 1.82) is 0 Å². The topological polar surface area (TPSA) is 48.8 Å². The number of hydrogen-bond acceptors (Lipinski definition) is 3. The van der Waals surface area contributed by atoms with Crippen LogP contribution in [0.2, 0.25) is 0 Å². The largest absolute Gasteiger partial charge is 0.456 e. The molecule has 0 aliphatic carbocycles. The van der Waals surface area contributed by atoms with Crippen LogP contribution in [-0.4, -0.2) is 19.1 Å². The summed E-state index contributed by atoms with van der Waals surface area (Å²) in [6.07, 6.45) is 1.86. The number of nitrogens with zero attached hydrogens (tertiary/aromatic N) is 4. The Balaban J connectivity index is 1.31. The van der Waals surface area contributed by atoms with Crippen molar-refractivity contribution in [3.05, 3.63) is 134 Å². The lowest BCUT2D eigenvalue weighted by atomic mass is 10.1. The fraction of sp³-hybridized carbons (Fsp3) is 0. The number of hydrogen-bond donors (Lipinski definition) is 0. The smallest absolute Gasteiger partial charge is 0.146 e. The van der Waals surface area contributed by atoms with Crippen molar-refractivity contribution >= 4 is 65.7 Å². The normalized spacial score (nSPS) is 12.2. The van der Waals surface area contributed by atoms with Gasteiger partial charge in [-0.25, -0.2) is 4.98 Å². The fourth-order valence-electron chi connectivity index (χ4n) is 6.93. The summed E-state index contributed by atoms with van der Waals surface area (Å²) in [5, 5.41) is 5.74. The predicted molar refractivity (Wildman–Crippen MR) is 175 cm³/mol. The second-order valence-electron chi connectivity index (χ2n) is 11.1. The highest BCUT2D eigenvalue weighted by Crippen LogP contribution is 2.41. The Kier molecular flexibility index (Phi) is 4.39. The summed E-state index contributed by atoms with van der Waals surface area (Å²) in [7, 11) is 0. The first kappa shape index (κ1) is 22.7. The van der Waals surface area contributed by atoms with E-state index in [2.05, 4.69) is 112 Å². The Morgan fingerprint density at radius 2 is 1.28 bits per heavy atom. The van der Waals surface area contributed by atoms with Crippen molar-refractivity contribution in [3.63, 3.8) is 0 Å². The molecular weight excluding hydrogens is 528 g/mol. The number of benzene rings is 5. The van der Waals surface area contributed by atoms with Crippen molar-refractivity contribution in [3.8, 4) is 22.8 Å². The summed E-state index contributed by atoms with van der Waals surface area (Å²) < 4.78 is 10.9. The Morgan fingerprint density at radius 3 is 2.23 bits per heavy atom. The molecule has 2 aliphatic heterocycles. The highest BCUT2D eigenvalue weighted by atomic mass is 16.3. The summed E-state index contributed by atoms with van der Waals surface area (Å²) >= 11 is 0. The van der Waals surface area contributed by atoms with E-state index in [1.165, 1.54) is 10.8 Å². The molecule has 0 saturated heterocycles. The van der Waals surface area contributed by atoms with E-state index in [1.54, 1.807) is 0 Å². The molecule has 0 amide bonds. The summed E-state index contributed by atoms with van der Waals surface area (Å²) in [4.78, 5) is 9.86. The van der Waals surface area contributed by atoms with Crippen LogP contribution >= 0.6 is 0 Å². The van der Waals surface area contributed by atoms with Gasteiger partial charge in [-0.1, -0.05) is 60.7 Å². The van der Waals surface area contributed by atoms with Crippen molar-refractivity contribution in [1.82, 2.24) is 19.1 Å². The van der Waals surface area contributed by atoms with E-state index in [1.807, 2.05) is 30.5 Å². The number of para-hydroxylation sites is 3. The van der Waals surface area contributed by atoms with Gasteiger partial charge in [0.1, 0.15) is 17.0 Å². The number of furan rings is 1. The molecule has 0 bridgehead atoms. The van der Waals surface area contributed by atoms with E-state index >= 15 is 0 Å². The van der Waals surface area contributed by atoms with E-state index in [0.717, 1.165) is 77.7 Å². The zero-order valence-electron chi connectivity index (χ0n) is 22.9. The molecule has 43 heavy (non-hydrogen) atoms. The molecule has 3 aromatic heterocycles. The molecule has 10 rings (SSSR count). The van der Waals surface area contributed by atoms with E-state index in [4.69, 9.17) is 14.4 Å². The van der Waals surface area contributed by atoms with Crippen LogP contribution in [0.15, 0.2) is 138 Å². The number of fused-ring (bicyclic) bond motifs is 10. The molecule has 0 N–H and O–H groups in total. The second-order valence-corrected chi connectivity index (χ2v) is 11.1. The molecule has 8 aromatic rings. The molecule has 0 radical (unpaired) electrons. The van der Waals surface area contributed by atoms with E-state index in [0.29, 0.717) is 0 Å². The van der Waals surface area contributed by atoms with E-state index in [9.17, 15) is 0 Å². The van der Waals surface area contributed by atoms with Gasteiger partial charge in [0.25, 0.3) is 0 Å². The first-order valence-corrected chi connectivity index (χ1v) is 14.4. The first-order chi connectivity index (χ1) is 21.3. The van der Waals surface area contributed by atoms with Crippen molar-refractivity contribution < 1.29 is 4.42 Å². The molecular formula is C38H22N4O. The van der Waals surface area contributed by atoms with E-state index < -0.39 is 0 Å². The molecule has 5 heterocycles. The molecule has 0 unspecified atom stereocenters. The van der Waals surface area contributed by atoms with Gasteiger partial charge in [-0.15, -0.1) is 0 Å². The number of rotatable bonds is 2. The number of aromatic nitrogens is 4. The molecule has 0 fully saturated rings. The molecule has 200 valence electrons. The minimum Gasteiger partial charge on any atom is -0.456 e. The minimum absolute atomic E-state index is 0.886. The summed E-state index contributed by atoms with van der Waals surface area (Å²) in [6.45, 7) is 0. The third kappa shape index (κ3) is 3.05. The summed E-state index contributed by atoms with van der Waals surface area (Å²) in [5.74, 6) is 0.930. The molecule has 0 spiro atoms. The second kappa shape index (κ2) is 8.30. The third-order valence-electron chi connectivity index (χ3n) is 8.75. The maximum atomic E-state index is 6.27. The zero-order valence-corrected chi connectivity index (χ0v) is 22.9. The van der Waals surface area contributed by atoms with Gasteiger partial charge in [-0.2, -0.15) is 0 Å². The van der Waals surface area contributed by atoms with Gasteiger partial charge in [0.2, 0.25) is 0 Å². The van der Waals surface area contributed by atoms with Crippen LogP contribution in [0.5, 0.6) is 0 Å². The SMILES string of the molecule is c1ccc2c3cc4ncccc4n(-c4ccc5c(c4)c4ccccc4n5-c4cccc5oc6ccccc6c45)c-3nc2c1. The summed E-state index contributed by atoms with van der Waals surface area (Å²) in [6, 6.07) is 44.6. The monoisotopic (exact) mass is 550 g/mol. The predicted octanol–water partition coefficient (Wildman–Crippen LogP) is 9.67. The lowest BCUT2D eigenvalue weighted by molar-refractivity contribution is 0.669. The van der Waals surface area contributed by atoms with Gasteiger partial charge in [0.15, 0.2) is 0 Å². The van der Waals surface area contributed by atoms with Gasteiger partial charge in [-0.3, -0.25) is 9.55 Å². The van der Waals surface area contributed by atoms with Gasteiger partial charge in [0, 0.05) is 39.0 Å². The van der Waals surface area contributed by atoms with Crippen molar-refractivity contribution in [2.75, 3.05) is 0 Å². The van der Waals surface area contributed by atoms with Crippen LogP contribution < -0.4 is 0 Å². The van der Waals surface area contributed by atoms with Crippen LogP contribution in [0.25, 0.3) is 88.4 Å². The highest BCUT2D eigenvalue weighted by Gasteiger charge is 2.22. The maximum absolute atomic E-state index is 6.27. The lowest BCUT2D eigenvalue weighted by Crippen LogP contribution is -2.04. The van der Waals surface area contributed by atoms with Crippen LogP contribution in [0, 0.1) is 0 Å². The molecule has 5 aromatic carbocycles. The minimum atomic E-state index is 0.886. The standard InChI is InChI=1S/C38H22N4O/c1-4-12-29-24(9-1)28-22-30-33(15-8-20-39-30)41(38(28)40-29)23-18-19-32-27(21-23)25-10-2-5-13-31(25)42(32)34-14-7-17-36-37(34)26-11-3-6-16-35(26)43-36/h1-22H. The molecule has 2 aliphatic rings. The quantitative estimate of drug-likeness (QED) is 0.215. The van der Waals surface area contributed by atoms with E-state index in [-0.39, 0.29) is 0 Å². The van der Waals surface area contributed by atoms with Gasteiger partial charge < -0.3 is 8.98 Å². The lowest BCUT2D eigenvalue weighted by Gasteiger charge is -2.16. The van der Waals surface area contributed by atoms with Crippen LogP contribution in [0.3, 0.4) is 0 Å². The maximum Gasteiger partial charge on any atom is 0.146 e. The highest BCUT2D eigenvalue weighted by molar-refractivity contribution is 6.14.